The molecule has 0 spiro atoms. The number of amides is 1. The standard InChI is InChI=1S/C17H19N5O/c1-11-5-8-22(15(23)3-6-18)9-14(11)12(2)16-13-4-7-19-17(13)21-10-20-16/h4,7,10-11,14H,2-3,5,8-9H2,1H3,(H,19,20,21). The van der Waals surface area contributed by atoms with Crippen LogP contribution in [0.2, 0.25) is 0 Å². The van der Waals surface area contributed by atoms with Gasteiger partial charge in [-0.2, -0.15) is 5.26 Å². The summed E-state index contributed by atoms with van der Waals surface area (Å²) in [5.41, 5.74) is 2.55. The maximum Gasteiger partial charge on any atom is 0.236 e. The van der Waals surface area contributed by atoms with Gasteiger partial charge in [-0.05, 0) is 24.0 Å². The number of hydrogen-bond donors (Lipinski definition) is 1. The van der Waals surface area contributed by atoms with E-state index in [0.29, 0.717) is 19.0 Å². The Kier molecular flexibility index (Phi) is 4.11. The van der Waals surface area contributed by atoms with Gasteiger partial charge in [0, 0.05) is 30.6 Å². The van der Waals surface area contributed by atoms with Gasteiger partial charge in [-0.15, -0.1) is 0 Å². The monoisotopic (exact) mass is 309 g/mol. The summed E-state index contributed by atoms with van der Waals surface area (Å²) in [5, 5.41) is 9.68. The highest BCUT2D eigenvalue weighted by atomic mass is 16.2. The summed E-state index contributed by atoms with van der Waals surface area (Å²) in [6.07, 6.45) is 4.21. The van der Waals surface area contributed by atoms with E-state index in [9.17, 15) is 4.79 Å². The topological polar surface area (TPSA) is 85.7 Å². The highest BCUT2D eigenvalue weighted by Crippen LogP contribution is 2.35. The van der Waals surface area contributed by atoms with Crippen molar-refractivity contribution in [2.75, 3.05) is 13.1 Å². The van der Waals surface area contributed by atoms with Crippen molar-refractivity contribution in [2.45, 2.75) is 19.8 Å². The molecular formula is C17H19N5O. The molecule has 0 bridgehead atoms. The molecule has 1 saturated heterocycles. The zero-order chi connectivity index (χ0) is 16.4. The van der Waals surface area contributed by atoms with Gasteiger partial charge in [0.05, 0.1) is 11.8 Å². The summed E-state index contributed by atoms with van der Waals surface area (Å²) >= 11 is 0. The first-order chi connectivity index (χ1) is 11.1. The Balaban J connectivity index is 1.87. The molecule has 2 aromatic heterocycles. The van der Waals surface area contributed by atoms with E-state index in [1.54, 1.807) is 4.90 Å². The zero-order valence-electron chi connectivity index (χ0n) is 13.1. The second-order valence-electron chi connectivity index (χ2n) is 6.03. The van der Waals surface area contributed by atoms with E-state index in [0.717, 1.165) is 28.7 Å². The second kappa shape index (κ2) is 6.21. The summed E-state index contributed by atoms with van der Waals surface area (Å²) in [6.45, 7) is 7.74. The Morgan fingerprint density at radius 2 is 2.39 bits per heavy atom. The number of rotatable bonds is 3. The van der Waals surface area contributed by atoms with Crippen LogP contribution in [0.1, 0.15) is 25.5 Å². The molecule has 6 nitrogen and oxygen atoms in total. The molecule has 1 aliphatic rings. The van der Waals surface area contributed by atoms with Gasteiger partial charge in [-0.3, -0.25) is 4.79 Å². The average Bonchev–Trinajstić information content (AvgIpc) is 3.03. The molecule has 1 N–H and O–H groups in total. The lowest BCUT2D eigenvalue weighted by molar-refractivity contribution is -0.132. The van der Waals surface area contributed by atoms with Crippen LogP contribution in [0, 0.1) is 23.2 Å². The van der Waals surface area contributed by atoms with E-state index >= 15 is 0 Å². The predicted octanol–water partition coefficient (Wildman–Crippen LogP) is 2.37. The summed E-state index contributed by atoms with van der Waals surface area (Å²) in [7, 11) is 0. The molecule has 0 aliphatic carbocycles. The minimum absolute atomic E-state index is 0.0663. The van der Waals surface area contributed by atoms with Crippen LogP contribution in [0.25, 0.3) is 16.6 Å². The molecule has 1 amide bonds. The highest BCUT2D eigenvalue weighted by Gasteiger charge is 2.31. The number of nitrogens with one attached hydrogen (secondary N) is 1. The Bertz CT molecular complexity index is 788. The number of aromatic nitrogens is 3. The van der Waals surface area contributed by atoms with Gasteiger partial charge in [0.25, 0.3) is 0 Å². The van der Waals surface area contributed by atoms with Crippen molar-refractivity contribution in [3.8, 4) is 6.07 Å². The lowest BCUT2D eigenvalue weighted by Gasteiger charge is -2.37. The van der Waals surface area contributed by atoms with Gasteiger partial charge in [-0.25, -0.2) is 9.97 Å². The van der Waals surface area contributed by atoms with Crippen molar-refractivity contribution in [3.05, 3.63) is 30.9 Å². The van der Waals surface area contributed by atoms with E-state index in [2.05, 4.69) is 28.5 Å². The first-order valence-electron chi connectivity index (χ1n) is 7.73. The van der Waals surface area contributed by atoms with Gasteiger partial charge >= 0.3 is 0 Å². The second-order valence-corrected chi connectivity index (χ2v) is 6.03. The van der Waals surface area contributed by atoms with Gasteiger partial charge in [0.15, 0.2) is 0 Å². The molecular weight excluding hydrogens is 290 g/mol. The molecule has 118 valence electrons. The van der Waals surface area contributed by atoms with Gasteiger partial charge in [0.2, 0.25) is 5.91 Å². The van der Waals surface area contributed by atoms with Crippen LogP contribution >= 0.6 is 0 Å². The molecule has 0 saturated carbocycles. The van der Waals surface area contributed by atoms with Crippen molar-refractivity contribution in [3.63, 3.8) is 0 Å². The fraction of sp³-hybridized carbons (Fsp3) is 0.412. The van der Waals surface area contributed by atoms with E-state index in [4.69, 9.17) is 5.26 Å². The van der Waals surface area contributed by atoms with Crippen LogP contribution in [-0.2, 0) is 4.79 Å². The first kappa shape index (κ1) is 15.2. The molecule has 3 heterocycles. The number of aromatic amines is 1. The van der Waals surface area contributed by atoms with E-state index < -0.39 is 0 Å². The van der Waals surface area contributed by atoms with Crippen LogP contribution in [-0.4, -0.2) is 38.8 Å². The normalized spacial score (nSPS) is 21.1. The van der Waals surface area contributed by atoms with E-state index in [1.807, 2.05) is 18.3 Å². The fourth-order valence-corrected chi connectivity index (χ4v) is 3.23. The third kappa shape index (κ3) is 2.82. The molecule has 2 aromatic rings. The summed E-state index contributed by atoms with van der Waals surface area (Å²) < 4.78 is 0. The van der Waals surface area contributed by atoms with Crippen LogP contribution in [0.15, 0.2) is 25.2 Å². The van der Waals surface area contributed by atoms with Crippen LogP contribution in [0.4, 0.5) is 0 Å². The lowest BCUT2D eigenvalue weighted by Crippen LogP contribution is -2.43. The third-order valence-corrected chi connectivity index (χ3v) is 4.65. The number of H-pyrrole nitrogens is 1. The van der Waals surface area contributed by atoms with Gasteiger partial charge in [-0.1, -0.05) is 13.5 Å². The van der Waals surface area contributed by atoms with Crippen molar-refractivity contribution in [1.29, 1.82) is 5.26 Å². The summed E-state index contributed by atoms with van der Waals surface area (Å²) in [4.78, 5) is 25.5. The zero-order valence-corrected chi connectivity index (χ0v) is 13.1. The molecule has 23 heavy (non-hydrogen) atoms. The lowest BCUT2D eigenvalue weighted by atomic mass is 9.80. The maximum absolute atomic E-state index is 12.0. The molecule has 1 aliphatic heterocycles. The number of piperidine rings is 1. The smallest absolute Gasteiger partial charge is 0.236 e. The van der Waals surface area contributed by atoms with Crippen LogP contribution in [0.3, 0.4) is 0 Å². The summed E-state index contributed by atoms with van der Waals surface area (Å²) in [5.74, 6) is 0.448. The SMILES string of the molecule is C=C(c1ncnc2[nH]ccc12)C1CN(C(=O)CC#N)CCC1C. The minimum Gasteiger partial charge on any atom is -0.346 e. The molecule has 0 aromatic carbocycles. The third-order valence-electron chi connectivity index (χ3n) is 4.65. The number of carbonyl (C=O) groups excluding carboxylic acids is 1. The molecule has 2 unspecified atom stereocenters. The van der Waals surface area contributed by atoms with E-state index in [-0.39, 0.29) is 18.2 Å². The average molecular weight is 309 g/mol. The number of nitriles is 1. The quantitative estimate of drug-likeness (QED) is 0.943. The predicted molar refractivity (Wildman–Crippen MR) is 87.0 cm³/mol. The Morgan fingerprint density at radius 3 is 3.17 bits per heavy atom. The molecule has 6 heteroatoms. The fourth-order valence-electron chi connectivity index (χ4n) is 3.23. The number of fused-ring (bicyclic) bond motifs is 1. The largest absolute Gasteiger partial charge is 0.346 e. The van der Waals surface area contributed by atoms with Crippen molar-refractivity contribution >= 4 is 22.5 Å². The van der Waals surface area contributed by atoms with E-state index in [1.165, 1.54) is 6.33 Å². The van der Waals surface area contributed by atoms with Crippen molar-refractivity contribution in [2.24, 2.45) is 11.8 Å². The highest BCUT2D eigenvalue weighted by molar-refractivity contribution is 5.88. The van der Waals surface area contributed by atoms with Gasteiger partial charge in [0.1, 0.15) is 18.4 Å². The van der Waals surface area contributed by atoms with Crippen LogP contribution in [0.5, 0.6) is 0 Å². The minimum atomic E-state index is -0.105. The Labute approximate surface area is 134 Å². The Hall–Kier alpha value is -2.68. The number of nitrogens with zero attached hydrogens (tertiary/aromatic N) is 4. The Morgan fingerprint density at radius 1 is 1.57 bits per heavy atom. The number of likely N-dealkylation sites (tertiary alicyclic amines) is 1. The first-order valence-corrected chi connectivity index (χ1v) is 7.73. The molecule has 1 fully saturated rings. The number of hydrogen-bond acceptors (Lipinski definition) is 4. The molecule has 2 atom stereocenters. The maximum atomic E-state index is 12.0. The molecule has 3 rings (SSSR count). The summed E-state index contributed by atoms with van der Waals surface area (Å²) in [6, 6.07) is 3.88. The number of carbonyl (C=O) groups is 1. The van der Waals surface area contributed by atoms with Crippen molar-refractivity contribution < 1.29 is 4.79 Å². The van der Waals surface area contributed by atoms with Crippen LogP contribution < -0.4 is 0 Å². The molecule has 0 radical (unpaired) electrons. The van der Waals surface area contributed by atoms with Crippen molar-refractivity contribution in [1.82, 2.24) is 19.9 Å². The van der Waals surface area contributed by atoms with Gasteiger partial charge < -0.3 is 9.88 Å².